The highest BCUT2D eigenvalue weighted by Crippen LogP contribution is 2.24. The van der Waals surface area contributed by atoms with Gasteiger partial charge in [-0.25, -0.2) is 0 Å². The number of para-hydroxylation sites is 1. The van der Waals surface area contributed by atoms with Crippen molar-refractivity contribution >= 4 is 23.4 Å². The van der Waals surface area contributed by atoms with Gasteiger partial charge in [0.15, 0.2) is 0 Å². The number of likely N-dealkylation sites (tertiary alicyclic amines) is 2. The molecule has 0 aliphatic carbocycles. The first-order valence-electron chi connectivity index (χ1n) is 8.98. The lowest BCUT2D eigenvalue weighted by Crippen LogP contribution is -2.51. The van der Waals surface area contributed by atoms with Gasteiger partial charge in [-0.15, -0.1) is 0 Å². The van der Waals surface area contributed by atoms with Crippen molar-refractivity contribution in [3.05, 3.63) is 30.3 Å². The van der Waals surface area contributed by atoms with E-state index < -0.39 is 0 Å². The van der Waals surface area contributed by atoms with Gasteiger partial charge < -0.3 is 15.1 Å². The minimum Gasteiger partial charge on any atom is -0.340 e. The van der Waals surface area contributed by atoms with Gasteiger partial charge in [0.1, 0.15) is 6.04 Å². The third kappa shape index (κ3) is 4.00. The third-order valence-electron chi connectivity index (χ3n) is 5.09. The zero-order valence-corrected chi connectivity index (χ0v) is 14.6. The first-order valence-corrected chi connectivity index (χ1v) is 8.98. The molecule has 2 unspecified atom stereocenters. The van der Waals surface area contributed by atoms with Crippen molar-refractivity contribution in [3.63, 3.8) is 0 Å². The zero-order valence-electron chi connectivity index (χ0n) is 14.6. The molecule has 0 radical (unpaired) electrons. The molecule has 2 atom stereocenters. The average Bonchev–Trinajstić information content (AvgIpc) is 3.12. The minimum absolute atomic E-state index is 0.00934. The van der Waals surface area contributed by atoms with Crippen molar-refractivity contribution in [2.75, 3.05) is 25.0 Å². The van der Waals surface area contributed by atoms with Gasteiger partial charge in [-0.1, -0.05) is 18.2 Å². The predicted octanol–water partition coefficient (Wildman–Crippen LogP) is 1.87. The van der Waals surface area contributed by atoms with E-state index in [1.807, 2.05) is 30.3 Å². The number of hydrogen-bond donors (Lipinski definition) is 1. The molecule has 0 saturated carbocycles. The lowest BCUT2D eigenvalue weighted by molar-refractivity contribution is -0.144. The first kappa shape index (κ1) is 17.5. The van der Waals surface area contributed by atoms with E-state index in [-0.39, 0.29) is 29.7 Å². The van der Waals surface area contributed by atoms with Crippen molar-refractivity contribution in [1.82, 2.24) is 9.80 Å². The Morgan fingerprint density at radius 1 is 1.04 bits per heavy atom. The second kappa shape index (κ2) is 7.68. The second-order valence-corrected chi connectivity index (χ2v) is 6.85. The maximum Gasteiger partial charge on any atom is 0.245 e. The summed E-state index contributed by atoms with van der Waals surface area (Å²) in [6.45, 7) is 3.26. The Bertz CT molecular complexity index is 647. The standard InChI is InChI=1S/C19H25N3O3/c1-14(23)22-12-6-10-17(22)19(25)21-11-5-7-15(13-21)18(24)20-16-8-3-2-4-9-16/h2-4,8-9,15,17H,5-7,10-13H2,1H3,(H,20,24). The van der Waals surface area contributed by atoms with Crippen LogP contribution in [0.2, 0.25) is 0 Å². The molecule has 2 heterocycles. The number of hydrogen-bond acceptors (Lipinski definition) is 3. The molecule has 0 aromatic heterocycles. The van der Waals surface area contributed by atoms with Crippen molar-refractivity contribution < 1.29 is 14.4 Å². The van der Waals surface area contributed by atoms with E-state index in [2.05, 4.69) is 5.32 Å². The summed E-state index contributed by atoms with van der Waals surface area (Å²) in [5.74, 6) is -0.306. The minimum atomic E-state index is -0.353. The lowest BCUT2D eigenvalue weighted by Gasteiger charge is -2.35. The predicted molar refractivity (Wildman–Crippen MR) is 94.8 cm³/mol. The van der Waals surface area contributed by atoms with E-state index in [1.165, 1.54) is 6.92 Å². The van der Waals surface area contributed by atoms with Crippen LogP contribution in [-0.2, 0) is 14.4 Å². The normalized spacial score (nSPS) is 23.4. The van der Waals surface area contributed by atoms with Crippen molar-refractivity contribution in [1.29, 1.82) is 0 Å². The smallest absolute Gasteiger partial charge is 0.245 e. The van der Waals surface area contributed by atoms with Gasteiger partial charge in [0, 0.05) is 32.2 Å². The van der Waals surface area contributed by atoms with Crippen LogP contribution in [0.4, 0.5) is 5.69 Å². The van der Waals surface area contributed by atoms with Crippen LogP contribution in [0.15, 0.2) is 30.3 Å². The number of nitrogens with zero attached hydrogens (tertiary/aromatic N) is 2. The molecule has 2 aliphatic rings. The SMILES string of the molecule is CC(=O)N1CCCC1C(=O)N1CCCC(C(=O)Nc2ccccc2)C1. The van der Waals surface area contributed by atoms with E-state index in [4.69, 9.17) is 0 Å². The molecule has 1 N–H and O–H groups in total. The Morgan fingerprint density at radius 3 is 2.48 bits per heavy atom. The van der Waals surface area contributed by atoms with E-state index >= 15 is 0 Å². The Hall–Kier alpha value is -2.37. The van der Waals surface area contributed by atoms with Crippen molar-refractivity contribution in [2.24, 2.45) is 5.92 Å². The summed E-state index contributed by atoms with van der Waals surface area (Å²) >= 11 is 0. The molecule has 2 fully saturated rings. The number of anilines is 1. The van der Waals surface area contributed by atoms with E-state index in [1.54, 1.807) is 9.80 Å². The number of carbonyl (C=O) groups is 3. The molecule has 0 spiro atoms. The summed E-state index contributed by atoms with van der Waals surface area (Å²) in [4.78, 5) is 40.5. The topological polar surface area (TPSA) is 69.7 Å². The van der Waals surface area contributed by atoms with Gasteiger partial charge in [0.25, 0.3) is 0 Å². The fourth-order valence-electron chi connectivity index (χ4n) is 3.77. The Balaban J connectivity index is 1.61. The molecule has 134 valence electrons. The van der Waals surface area contributed by atoms with Gasteiger partial charge in [-0.05, 0) is 37.8 Å². The Kier molecular flexibility index (Phi) is 5.36. The molecular formula is C19H25N3O3. The van der Waals surface area contributed by atoms with E-state index in [0.29, 0.717) is 19.6 Å². The maximum atomic E-state index is 12.8. The molecule has 2 aliphatic heterocycles. The Morgan fingerprint density at radius 2 is 1.76 bits per heavy atom. The zero-order chi connectivity index (χ0) is 17.8. The first-order chi connectivity index (χ1) is 12.1. The van der Waals surface area contributed by atoms with E-state index in [9.17, 15) is 14.4 Å². The van der Waals surface area contributed by atoms with E-state index in [0.717, 1.165) is 31.4 Å². The van der Waals surface area contributed by atoms with Crippen LogP contribution < -0.4 is 5.32 Å². The number of carbonyl (C=O) groups excluding carboxylic acids is 3. The molecule has 25 heavy (non-hydrogen) atoms. The average molecular weight is 343 g/mol. The van der Waals surface area contributed by atoms with Crippen LogP contribution in [0.5, 0.6) is 0 Å². The van der Waals surface area contributed by atoms with Crippen LogP contribution in [0.1, 0.15) is 32.6 Å². The molecule has 3 amide bonds. The number of amides is 3. The summed E-state index contributed by atoms with van der Waals surface area (Å²) in [5, 5.41) is 2.93. The van der Waals surface area contributed by atoms with Gasteiger partial charge in [-0.3, -0.25) is 14.4 Å². The highest BCUT2D eigenvalue weighted by Gasteiger charge is 2.37. The monoisotopic (exact) mass is 343 g/mol. The van der Waals surface area contributed by atoms with Crippen molar-refractivity contribution in [3.8, 4) is 0 Å². The summed E-state index contributed by atoms with van der Waals surface area (Å²) in [6.07, 6.45) is 3.17. The van der Waals surface area contributed by atoms with Crippen LogP contribution in [0.3, 0.4) is 0 Å². The Labute approximate surface area is 148 Å². The molecule has 3 rings (SSSR count). The summed E-state index contributed by atoms with van der Waals surface area (Å²) in [7, 11) is 0. The molecule has 1 aromatic rings. The summed E-state index contributed by atoms with van der Waals surface area (Å²) in [5.41, 5.74) is 0.773. The highest BCUT2D eigenvalue weighted by molar-refractivity contribution is 5.93. The fraction of sp³-hybridized carbons (Fsp3) is 0.526. The number of nitrogens with one attached hydrogen (secondary N) is 1. The summed E-state index contributed by atoms with van der Waals surface area (Å²) in [6, 6.07) is 9.01. The molecule has 2 saturated heterocycles. The largest absolute Gasteiger partial charge is 0.340 e. The molecule has 6 heteroatoms. The van der Waals surface area contributed by atoms with Crippen LogP contribution in [0.25, 0.3) is 0 Å². The van der Waals surface area contributed by atoms with Crippen LogP contribution in [0, 0.1) is 5.92 Å². The third-order valence-corrected chi connectivity index (χ3v) is 5.09. The second-order valence-electron chi connectivity index (χ2n) is 6.85. The lowest BCUT2D eigenvalue weighted by atomic mass is 9.96. The molecule has 6 nitrogen and oxygen atoms in total. The number of piperidine rings is 1. The molecular weight excluding hydrogens is 318 g/mol. The van der Waals surface area contributed by atoms with Gasteiger partial charge in [-0.2, -0.15) is 0 Å². The van der Waals surface area contributed by atoms with Crippen LogP contribution >= 0.6 is 0 Å². The maximum absolute atomic E-state index is 12.8. The number of benzene rings is 1. The van der Waals surface area contributed by atoms with Gasteiger partial charge in [0.2, 0.25) is 17.7 Å². The number of rotatable bonds is 3. The van der Waals surface area contributed by atoms with Crippen LogP contribution in [-0.4, -0.2) is 53.2 Å². The molecule has 0 bridgehead atoms. The van der Waals surface area contributed by atoms with Gasteiger partial charge >= 0.3 is 0 Å². The van der Waals surface area contributed by atoms with Crippen molar-refractivity contribution in [2.45, 2.75) is 38.6 Å². The highest BCUT2D eigenvalue weighted by atomic mass is 16.2. The quantitative estimate of drug-likeness (QED) is 0.911. The van der Waals surface area contributed by atoms with Gasteiger partial charge in [0.05, 0.1) is 5.92 Å². The summed E-state index contributed by atoms with van der Waals surface area (Å²) < 4.78 is 0. The fourth-order valence-corrected chi connectivity index (χ4v) is 3.77. The molecule has 1 aromatic carbocycles.